The van der Waals surface area contributed by atoms with E-state index < -0.39 is 18.0 Å². The number of anilines is 2. The summed E-state index contributed by atoms with van der Waals surface area (Å²) in [5.74, 6) is -0.170. The van der Waals surface area contributed by atoms with Gasteiger partial charge in [-0.1, -0.05) is 13.8 Å². The van der Waals surface area contributed by atoms with Crippen LogP contribution in [0.15, 0.2) is 18.2 Å². The number of nitrogens with one attached hydrogen (secondary N) is 1. The SMILES string of the molecule is CC(=O)NC[C@H]1CN(c2ccc(N3CCN(C(=O)CC(C)C)CC3)c(F)c2)C(=O)O1. The van der Waals surface area contributed by atoms with Gasteiger partial charge < -0.3 is 19.9 Å². The van der Waals surface area contributed by atoms with Gasteiger partial charge in [0.1, 0.15) is 11.9 Å². The average Bonchev–Trinajstić information content (AvgIpc) is 3.06. The maximum Gasteiger partial charge on any atom is 0.414 e. The van der Waals surface area contributed by atoms with Gasteiger partial charge >= 0.3 is 6.09 Å². The summed E-state index contributed by atoms with van der Waals surface area (Å²) in [5.41, 5.74) is 0.870. The molecule has 1 N–H and O–H groups in total. The van der Waals surface area contributed by atoms with Gasteiger partial charge in [0, 0.05) is 39.5 Å². The van der Waals surface area contributed by atoms with E-state index in [4.69, 9.17) is 4.74 Å². The highest BCUT2D eigenvalue weighted by molar-refractivity contribution is 5.90. The Morgan fingerprint density at radius 3 is 2.53 bits per heavy atom. The van der Waals surface area contributed by atoms with Crippen LogP contribution >= 0.6 is 0 Å². The van der Waals surface area contributed by atoms with Gasteiger partial charge in [0.25, 0.3) is 0 Å². The second kappa shape index (κ2) is 9.32. The molecule has 3 amide bonds. The molecular weight excluding hydrogens is 391 g/mol. The van der Waals surface area contributed by atoms with Crippen LogP contribution in [-0.2, 0) is 14.3 Å². The molecular formula is C21H29FN4O4. The number of ether oxygens (including phenoxy) is 1. The Kier molecular flexibility index (Phi) is 6.79. The molecule has 8 nitrogen and oxygen atoms in total. The summed E-state index contributed by atoms with van der Waals surface area (Å²) in [7, 11) is 0. The number of carbonyl (C=O) groups is 3. The van der Waals surface area contributed by atoms with Gasteiger partial charge in [-0.3, -0.25) is 14.5 Å². The first-order chi connectivity index (χ1) is 14.2. The fourth-order valence-electron chi connectivity index (χ4n) is 3.69. The van der Waals surface area contributed by atoms with Gasteiger partial charge in [-0.05, 0) is 24.1 Å². The number of amides is 3. The lowest BCUT2D eigenvalue weighted by atomic mass is 10.1. The van der Waals surface area contributed by atoms with Crippen LogP contribution in [0, 0.1) is 11.7 Å². The molecule has 3 rings (SSSR count). The fourth-order valence-corrected chi connectivity index (χ4v) is 3.69. The highest BCUT2D eigenvalue weighted by Crippen LogP contribution is 2.28. The highest BCUT2D eigenvalue weighted by Gasteiger charge is 2.33. The standard InChI is InChI=1S/C21H29FN4O4/c1-14(2)10-20(28)25-8-6-24(7-9-25)19-5-4-16(11-18(19)22)26-13-17(30-21(26)29)12-23-15(3)27/h4-5,11,14,17H,6-10,12-13H2,1-3H3,(H,23,27)/t17-/m0/s1. The zero-order chi connectivity index (χ0) is 21.8. The first-order valence-electron chi connectivity index (χ1n) is 10.3. The largest absolute Gasteiger partial charge is 0.442 e. The minimum absolute atomic E-state index is 0.141. The molecule has 2 heterocycles. The molecule has 1 aromatic carbocycles. The summed E-state index contributed by atoms with van der Waals surface area (Å²) in [4.78, 5) is 40.5. The minimum atomic E-state index is -0.560. The quantitative estimate of drug-likeness (QED) is 0.761. The van der Waals surface area contributed by atoms with Crippen molar-refractivity contribution in [3.63, 3.8) is 0 Å². The number of hydrogen-bond donors (Lipinski definition) is 1. The van der Waals surface area contributed by atoms with E-state index in [2.05, 4.69) is 5.32 Å². The molecule has 2 fully saturated rings. The molecule has 0 spiro atoms. The van der Waals surface area contributed by atoms with Crippen molar-refractivity contribution in [2.75, 3.05) is 49.1 Å². The molecule has 0 aromatic heterocycles. The van der Waals surface area contributed by atoms with Crippen molar-refractivity contribution in [1.82, 2.24) is 10.2 Å². The Morgan fingerprint density at radius 2 is 1.93 bits per heavy atom. The summed E-state index contributed by atoms with van der Waals surface area (Å²) in [5, 5.41) is 2.61. The van der Waals surface area contributed by atoms with Crippen LogP contribution in [0.3, 0.4) is 0 Å². The number of benzene rings is 1. The lowest BCUT2D eigenvalue weighted by Crippen LogP contribution is -2.49. The summed E-state index contributed by atoms with van der Waals surface area (Å²) in [6, 6.07) is 4.68. The molecule has 0 saturated carbocycles. The molecule has 2 aliphatic heterocycles. The Bertz CT molecular complexity index is 808. The Morgan fingerprint density at radius 1 is 1.23 bits per heavy atom. The first kappa shape index (κ1) is 21.9. The Balaban J connectivity index is 1.60. The topological polar surface area (TPSA) is 82.2 Å². The van der Waals surface area contributed by atoms with E-state index in [-0.39, 0.29) is 24.9 Å². The molecule has 9 heteroatoms. The van der Waals surface area contributed by atoms with Gasteiger partial charge in [0.05, 0.1) is 24.5 Å². The van der Waals surface area contributed by atoms with Crippen LogP contribution in [0.5, 0.6) is 0 Å². The number of nitrogens with zero attached hydrogens (tertiary/aromatic N) is 3. The molecule has 0 radical (unpaired) electrons. The minimum Gasteiger partial charge on any atom is -0.442 e. The second-order valence-corrected chi connectivity index (χ2v) is 8.15. The maximum atomic E-state index is 14.8. The van der Waals surface area contributed by atoms with E-state index in [1.807, 2.05) is 23.6 Å². The number of rotatable bonds is 6. The van der Waals surface area contributed by atoms with E-state index >= 15 is 0 Å². The summed E-state index contributed by atoms with van der Waals surface area (Å²) in [6.07, 6.45) is -0.506. The van der Waals surface area contributed by atoms with Crippen LogP contribution in [0.25, 0.3) is 0 Å². The Labute approximate surface area is 175 Å². The molecule has 0 bridgehead atoms. The van der Waals surface area contributed by atoms with Crippen molar-refractivity contribution < 1.29 is 23.5 Å². The van der Waals surface area contributed by atoms with Gasteiger partial charge in [0.15, 0.2) is 0 Å². The van der Waals surface area contributed by atoms with Gasteiger partial charge in [-0.15, -0.1) is 0 Å². The van der Waals surface area contributed by atoms with Crippen molar-refractivity contribution in [3.8, 4) is 0 Å². The van der Waals surface area contributed by atoms with Crippen molar-refractivity contribution >= 4 is 29.3 Å². The monoisotopic (exact) mass is 420 g/mol. The zero-order valence-electron chi connectivity index (χ0n) is 17.7. The first-order valence-corrected chi connectivity index (χ1v) is 10.3. The summed E-state index contributed by atoms with van der Waals surface area (Å²) in [6.45, 7) is 8.14. The normalized spacial score (nSPS) is 19.3. The lowest BCUT2D eigenvalue weighted by molar-refractivity contribution is -0.132. The Hall–Kier alpha value is -2.84. The lowest BCUT2D eigenvalue weighted by Gasteiger charge is -2.36. The van der Waals surface area contributed by atoms with Gasteiger partial charge in [0.2, 0.25) is 11.8 Å². The van der Waals surface area contributed by atoms with Crippen LogP contribution in [0.4, 0.5) is 20.6 Å². The van der Waals surface area contributed by atoms with Crippen LogP contribution in [-0.4, -0.2) is 68.2 Å². The fraction of sp³-hybridized carbons (Fsp3) is 0.571. The van der Waals surface area contributed by atoms with E-state index in [1.165, 1.54) is 17.9 Å². The third-order valence-electron chi connectivity index (χ3n) is 5.25. The highest BCUT2D eigenvalue weighted by atomic mass is 19.1. The van der Waals surface area contributed by atoms with Gasteiger partial charge in [-0.2, -0.15) is 0 Å². The van der Waals surface area contributed by atoms with E-state index in [9.17, 15) is 18.8 Å². The average molecular weight is 420 g/mol. The van der Waals surface area contributed by atoms with Crippen LogP contribution in [0.1, 0.15) is 27.2 Å². The number of cyclic esters (lactones) is 1. The van der Waals surface area contributed by atoms with Crippen molar-refractivity contribution in [2.24, 2.45) is 5.92 Å². The van der Waals surface area contributed by atoms with E-state index in [0.717, 1.165) is 0 Å². The van der Waals surface area contributed by atoms with E-state index in [0.29, 0.717) is 49.9 Å². The number of halogens is 1. The number of piperazine rings is 1. The maximum absolute atomic E-state index is 14.8. The molecule has 2 aliphatic rings. The van der Waals surface area contributed by atoms with Crippen molar-refractivity contribution in [2.45, 2.75) is 33.3 Å². The smallest absolute Gasteiger partial charge is 0.414 e. The molecule has 2 saturated heterocycles. The summed E-state index contributed by atoms with van der Waals surface area (Å²) < 4.78 is 20.1. The number of hydrogen-bond acceptors (Lipinski definition) is 5. The molecule has 30 heavy (non-hydrogen) atoms. The third kappa shape index (κ3) is 5.20. The molecule has 1 atom stereocenters. The van der Waals surface area contributed by atoms with Crippen LogP contribution < -0.4 is 15.1 Å². The van der Waals surface area contributed by atoms with Crippen LogP contribution in [0.2, 0.25) is 0 Å². The zero-order valence-corrected chi connectivity index (χ0v) is 17.7. The number of carbonyl (C=O) groups excluding carboxylic acids is 3. The molecule has 0 aliphatic carbocycles. The van der Waals surface area contributed by atoms with Crippen molar-refractivity contribution in [3.05, 3.63) is 24.0 Å². The second-order valence-electron chi connectivity index (χ2n) is 8.15. The van der Waals surface area contributed by atoms with E-state index in [1.54, 1.807) is 12.1 Å². The predicted octanol–water partition coefficient (Wildman–Crippen LogP) is 1.98. The third-order valence-corrected chi connectivity index (χ3v) is 5.25. The predicted molar refractivity (Wildman–Crippen MR) is 111 cm³/mol. The molecule has 1 aromatic rings. The van der Waals surface area contributed by atoms with Crippen molar-refractivity contribution in [1.29, 1.82) is 0 Å². The molecule has 0 unspecified atom stereocenters. The van der Waals surface area contributed by atoms with Gasteiger partial charge in [-0.25, -0.2) is 9.18 Å². The molecule has 164 valence electrons. The summed E-state index contributed by atoms with van der Waals surface area (Å²) >= 11 is 0.